The largest absolute Gasteiger partial charge is 0.459 e. The van der Waals surface area contributed by atoms with Gasteiger partial charge in [0.2, 0.25) is 10.0 Å². The molecule has 2 heterocycles. The molecule has 0 unspecified atom stereocenters. The molecule has 8 heteroatoms. The molecule has 2 aromatic carbocycles. The molecule has 1 aliphatic heterocycles. The number of fused-ring (bicyclic) bond motifs is 1. The fourth-order valence-corrected chi connectivity index (χ4v) is 4.82. The molecule has 4 rings (SSSR count). The van der Waals surface area contributed by atoms with Gasteiger partial charge in [-0.3, -0.25) is 9.10 Å². The van der Waals surface area contributed by atoms with Crippen LogP contribution in [-0.4, -0.2) is 27.1 Å². The van der Waals surface area contributed by atoms with Crippen LogP contribution in [0.25, 0.3) is 11.3 Å². The van der Waals surface area contributed by atoms with Crippen LogP contribution in [0.1, 0.15) is 28.1 Å². The van der Waals surface area contributed by atoms with Gasteiger partial charge < -0.3 is 9.73 Å². The van der Waals surface area contributed by atoms with Crippen LogP contribution in [0, 0.1) is 0 Å². The highest BCUT2D eigenvalue weighted by Gasteiger charge is 2.24. The van der Waals surface area contributed by atoms with Gasteiger partial charge in [-0.25, -0.2) is 8.42 Å². The number of aryl methyl sites for hydroxylation is 1. The van der Waals surface area contributed by atoms with E-state index in [1.165, 1.54) is 10.6 Å². The van der Waals surface area contributed by atoms with Gasteiger partial charge in [-0.15, -0.1) is 0 Å². The number of halogens is 1. The number of benzene rings is 2. The Bertz CT molecular complexity index is 1190. The second-order valence-corrected chi connectivity index (χ2v) is 10.1. The zero-order valence-electron chi connectivity index (χ0n) is 16.4. The van der Waals surface area contributed by atoms with Crippen molar-refractivity contribution in [1.82, 2.24) is 5.32 Å². The number of hydrogen-bond acceptors (Lipinski definition) is 4. The molecule has 0 atom stereocenters. The zero-order valence-corrected chi connectivity index (χ0v) is 18.8. The van der Waals surface area contributed by atoms with E-state index < -0.39 is 10.0 Å². The van der Waals surface area contributed by atoms with Crippen molar-refractivity contribution < 1.29 is 17.6 Å². The summed E-state index contributed by atoms with van der Waals surface area (Å²) in [5, 5.41) is 2.87. The molecule has 1 amide bonds. The number of carbonyl (C=O) groups excluding carboxylic acids is 1. The summed E-state index contributed by atoms with van der Waals surface area (Å²) in [5.74, 6) is 1.17. The lowest BCUT2D eigenvalue weighted by atomic mass is 10.0. The summed E-state index contributed by atoms with van der Waals surface area (Å²) >= 11 is 3.41. The van der Waals surface area contributed by atoms with Gasteiger partial charge in [0.25, 0.3) is 5.91 Å². The monoisotopic (exact) mass is 488 g/mol. The third-order valence-corrected chi connectivity index (χ3v) is 6.74. The van der Waals surface area contributed by atoms with E-state index >= 15 is 0 Å². The quantitative estimate of drug-likeness (QED) is 0.578. The first-order chi connectivity index (χ1) is 14.3. The minimum absolute atomic E-state index is 0.226. The van der Waals surface area contributed by atoms with Crippen LogP contribution < -0.4 is 9.62 Å². The molecule has 0 saturated heterocycles. The summed E-state index contributed by atoms with van der Waals surface area (Å²) in [4.78, 5) is 12.6. The van der Waals surface area contributed by atoms with Gasteiger partial charge in [0.1, 0.15) is 11.5 Å². The third-order valence-electron chi connectivity index (χ3n) is 5.03. The van der Waals surface area contributed by atoms with E-state index in [1.807, 2.05) is 36.4 Å². The Morgan fingerprint density at radius 2 is 1.90 bits per heavy atom. The minimum atomic E-state index is -3.32. The highest BCUT2D eigenvalue weighted by molar-refractivity contribution is 9.10. The topological polar surface area (TPSA) is 79.6 Å². The molecule has 156 valence electrons. The molecule has 1 N–H and O–H groups in total. The van der Waals surface area contributed by atoms with Crippen molar-refractivity contribution in [3.05, 3.63) is 76.0 Å². The number of anilines is 1. The van der Waals surface area contributed by atoms with Crippen molar-refractivity contribution in [2.24, 2.45) is 0 Å². The highest BCUT2D eigenvalue weighted by Crippen LogP contribution is 2.30. The number of sulfonamides is 1. The average Bonchev–Trinajstić information content (AvgIpc) is 3.20. The van der Waals surface area contributed by atoms with Crippen molar-refractivity contribution in [1.29, 1.82) is 0 Å². The summed E-state index contributed by atoms with van der Waals surface area (Å²) in [7, 11) is -3.32. The van der Waals surface area contributed by atoms with Crippen LogP contribution in [0.3, 0.4) is 0 Å². The maximum atomic E-state index is 12.6. The lowest BCUT2D eigenvalue weighted by Crippen LogP contribution is -2.34. The van der Waals surface area contributed by atoms with Gasteiger partial charge >= 0.3 is 0 Å². The van der Waals surface area contributed by atoms with Gasteiger partial charge in [-0.1, -0.05) is 28.1 Å². The molecule has 0 fully saturated rings. The van der Waals surface area contributed by atoms with E-state index in [2.05, 4.69) is 21.2 Å². The molecule has 0 spiro atoms. The van der Waals surface area contributed by atoms with Crippen molar-refractivity contribution in [2.75, 3.05) is 17.1 Å². The van der Waals surface area contributed by atoms with Gasteiger partial charge in [0.05, 0.1) is 18.5 Å². The predicted octanol–water partition coefficient (Wildman–Crippen LogP) is 4.35. The number of furan rings is 1. The van der Waals surface area contributed by atoms with E-state index in [4.69, 9.17) is 4.42 Å². The van der Waals surface area contributed by atoms with Crippen molar-refractivity contribution >= 4 is 37.5 Å². The fraction of sp³-hybridized carbons (Fsp3) is 0.227. The Balaban J connectivity index is 1.44. The zero-order chi connectivity index (χ0) is 21.3. The first-order valence-electron chi connectivity index (χ1n) is 9.55. The lowest BCUT2D eigenvalue weighted by Gasteiger charge is -2.29. The second kappa shape index (κ2) is 8.28. The van der Waals surface area contributed by atoms with Crippen LogP contribution in [0.2, 0.25) is 0 Å². The maximum Gasteiger partial charge on any atom is 0.251 e. The van der Waals surface area contributed by atoms with Gasteiger partial charge in [-0.2, -0.15) is 0 Å². The summed E-state index contributed by atoms with van der Waals surface area (Å²) in [6.45, 7) is 0.735. The Morgan fingerprint density at radius 3 is 2.63 bits per heavy atom. The number of hydrogen-bond donors (Lipinski definition) is 1. The van der Waals surface area contributed by atoms with Crippen molar-refractivity contribution in [3.8, 4) is 11.3 Å². The fourth-order valence-electron chi connectivity index (χ4n) is 3.56. The Hall–Kier alpha value is -2.58. The Labute approximate surface area is 184 Å². The second-order valence-electron chi connectivity index (χ2n) is 7.24. The molecule has 1 aromatic heterocycles. The first kappa shape index (κ1) is 20.7. The molecule has 3 aromatic rings. The molecule has 0 radical (unpaired) electrons. The van der Waals surface area contributed by atoms with Crippen LogP contribution in [-0.2, 0) is 23.0 Å². The van der Waals surface area contributed by atoms with E-state index in [-0.39, 0.29) is 12.5 Å². The number of amides is 1. The Morgan fingerprint density at radius 1 is 1.13 bits per heavy atom. The molecular formula is C22H21BrN2O4S. The first-order valence-corrected chi connectivity index (χ1v) is 12.2. The summed E-state index contributed by atoms with van der Waals surface area (Å²) in [6.07, 6.45) is 2.68. The highest BCUT2D eigenvalue weighted by atomic mass is 79.9. The number of nitrogens with zero attached hydrogens (tertiary/aromatic N) is 1. The summed E-state index contributed by atoms with van der Waals surface area (Å²) in [5.41, 5.74) is 2.99. The summed E-state index contributed by atoms with van der Waals surface area (Å²) in [6, 6.07) is 16.7. The molecule has 6 nitrogen and oxygen atoms in total. The standard InChI is InChI=1S/C22H21BrN2O4S/c1-30(27,28)25-12-2-3-16-13-17(6-10-20(16)25)22(26)24-14-19-9-11-21(29-19)15-4-7-18(23)8-5-15/h4-11,13H,2-3,12,14H2,1H3,(H,24,26). The van der Waals surface area contributed by atoms with Gasteiger partial charge in [0, 0.05) is 22.1 Å². The van der Waals surface area contributed by atoms with Crippen molar-refractivity contribution in [2.45, 2.75) is 19.4 Å². The van der Waals surface area contributed by atoms with Crippen LogP contribution in [0.4, 0.5) is 5.69 Å². The lowest BCUT2D eigenvalue weighted by molar-refractivity contribution is 0.0948. The van der Waals surface area contributed by atoms with Crippen LogP contribution in [0.15, 0.2) is 63.5 Å². The predicted molar refractivity (Wildman–Crippen MR) is 120 cm³/mol. The maximum absolute atomic E-state index is 12.6. The molecule has 0 bridgehead atoms. The number of rotatable bonds is 5. The van der Waals surface area contributed by atoms with E-state index in [9.17, 15) is 13.2 Å². The SMILES string of the molecule is CS(=O)(=O)N1CCCc2cc(C(=O)NCc3ccc(-c4ccc(Br)cc4)o3)ccc21. The molecule has 0 aliphatic carbocycles. The van der Waals surface area contributed by atoms with E-state index in [1.54, 1.807) is 18.2 Å². The number of nitrogens with one attached hydrogen (secondary N) is 1. The Kier molecular flexibility index (Phi) is 5.71. The van der Waals surface area contributed by atoms with Crippen LogP contribution in [0.5, 0.6) is 0 Å². The number of carbonyl (C=O) groups is 1. The molecular weight excluding hydrogens is 468 g/mol. The molecule has 0 saturated carbocycles. The van der Waals surface area contributed by atoms with Crippen LogP contribution >= 0.6 is 15.9 Å². The average molecular weight is 489 g/mol. The van der Waals surface area contributed by atoms with Crippen molar-refractivity contribution in [3.63, 3.8) is 0 Å². The minimum Gasteiger partial charge on any atom is -0.459 e. The van der Waals surface area contributed by atoms with E-state index in [0.717, 1.165) is 34.2 Å². The van der Waals surface area contributed by atoms with E-state index in [0.29, 0.717) is 23.6 Å². The smallest absolute Gasteiger partial charge is 0.251 e. The summed E-state index contributed by atoms with van der Waals surface area (Å²) < 4.78 is 32.2. The van der Waals surface area contributed by atoms with Gasteiger partial charge in [-0.05, 0) is 60.9 Å². The normalized spacial score (nSPS) is 13.7. The third kappa shape index (κ3) is 4.44. The molecule has 30 heavy (non-hydrogen) atoms. The van der Waals surface area contributed by atoms with Gasteiger partial charge in [0.15, 0.2) is 0 Å². The molecule has 1 aliphatic rings.